The molecule has 1 saturated heterocycles. The second-order valence-corrected chi connectivity index (χ2v) is 7.28. The van der Waals surface area contributed by atoms with Crippen molar-refractivity contribution in [3.05, 3.63) is 23.0 Å². The third kappa shape index (κ3) is 2.92. The number of nitrogens with zero attached hydrogens (tertiary/aromatic N) is 1. The van der Waals surface area contributed by atoms with E-state index in [2.05, 4.69) is 4.98 Å². The smallest absolute Gasteiger partial charge is 0.256 e. The summed E-state index contributed by atoms with van der Waals surface area (Å²) in [4.78, 5) is 18.2. The van der Waals surface area contributed by atoms with Crippen LogP contribution in [0.2, 0.25) is 0 Å². The highest BCUT2D eigenvalue weighted by Crippen LogP contribution is 2.35. The summed E-state index contributed by atoms with van der Waals surface area (Å²) in [5.41, 5.74) is 2.79. The van der Waals surface area contributed by atoms with Crippen LogP contribution in [0.25, 0.3) is 0 Å². The second kappa shape index (κ2) is 5.95. The van der Waals surface area contributed by atoms with E-state index in [1.54, 1.807) is 0 Å². The maximum absolute atomic E-state index is 13.0. The van der Waals surface area contributed by atoms with Crippen molar-refractivity contribution in [3.8, 4) is 0 Å². The molecule has 2 aliphatic carbocycles. The van der Waals surface area contributed by atoms with E-state index >= 15 is 0 Å². The van der Waals surface area contributed by atoms with Gasteiger partial charge in [0.1, 0.15) is 6.10 Å². The Bertz CT molecular complexity index is 593. The lowest BCUT2D eigenvalue weighted by atomic mass is 10.1. The number of hydrogen-bond donors (Lipinski definition) is 1. The Morgan fingerprint density at radius 2 is 2.17 bits per heavy atom. The number of aromatic amines is 1. The predicted molar refractivity (Wildman–Crippen MR) is 86.5 cm³/mol. The SMILES string of the molecule is Cc1cc(C(=O)N2CCO[C@H]3[C@H](OCC4CC4)CC[C@@H]32)c(C)[nH]1. The van der Waals surface area contributed by atoms with E-state index < -0.39 is 0 Å². The lowest BCUT2D eigenvalue weighted by molar-refractivity contribution is -0.106. The molecule has 3 aliphatic rings. The summed E-state index contributed by atoms with van der Waals surface area (Å²) in [5, 5.41) is 0. The fourth-order valence-electron chi connectivity index (χ4n) is 3.99. The van der Waals surface area contributed by atoms with Gasteiger partial charge < -0.3 is 19.4 Å². The number of aryl methyl sites for hydroxylation is 2. The van der Waals surface area contributed by atoms with E-state index in [0.29, 0.717) is 13.2 Å². The van der Waals surface area contributed by atoms with Gasteiger partial charge in [0.25, 0.3) is 5.91 Å². The highest BCUT2D eigenvalue weighted by Gasteiger charge is 2.45. The van der Waals surface area contributed by atoms with Crippen molar-refractivity contribution in [3.63, 3.8) is 0 Å². The molecule has 0 unspecified atom stereocenters. The molecule has 2 saturated carbocycles. The highest BCUT2D eigenvalue weighted by atomic mass is 16.5. The Morgan fingerprint density at radius 1 is 1.35 bits per heavy atom. The van der Waals surface area contributed by atoms with E-state index in [9.17, 15) is 4.79 Å². The van der Waals surface area contributed by atoms with Crippen LogP contribution in [0.3, 0.4) is 0 Å². The molecule has 0 radical (unpaired) electrons. The zero-order valence-electron chi connectivity index (χ0n) is 14.0. The first kappa shape index (κ1) is 15.2. The van der Waals surface area contributed by atoms with Gasteiger partial charge in [0.2, 0.25) is 0 Å². The quantitative estimate of drug-likeness (QED) is 0.927. The molecule has 3 atom stereocenters. The van der Waals surface area contributed by atoms with Crippen LogP contribution < -0.4 is 0 Å². The molecule has 1 amide bonds. The third-order valence-electron chi connectivity index (χ3n) is 5.42. The molecule has 0 bridgehead atoms. The van der Waals surface area contributed by atoms with Crippen molar-refractivity contribution < 1.29 is 14.3 Å². The molecule has 0 aromatic carbocycles. The molecule has 3 fully saturated rings. The third-order valence-corrected chi connectivity index (χ3v) is 5.42. The average molecular weight is 318 g/mol. The Hall–Kier alpha value is -1.33. The topological polar surface area (TPSA) is 54.6 Å². The molecular formula is C18H26N2O3. The molecule has 0 spiro atoms. The number of fused-ring (bicyclic) bond motifs is 1. The lowest BCUT2D eigenvalue weighted by Gasteiger charge is -2.39. The number of aromatic nitrogens is 1. The van der Waals surface area contributed by atoms with Crippen LogP contribution in [0.1, 0.15) is 47.4 Å². The van der Waals surface area contributed by atoms with Crippen LogP contribution in [0.15, 0.2) is 6.07 Å². The zero-order valence-corrected chi connectivity index (χ0v) is 14.0. The first-order valence-corrected chi connectivity index (χ1v) is 8.84. The van der Waals surface area contributed by atoms with Gasteiger partial charge in [-0.05, 0) is 51.5 Å². The minimum Gasteiger partial charge on any atom is -0.375 e. The first-order valence-electron chi connectivity index (χ1n) is 8.84. The number of ether oxygens (including phenoxy) is 2. The fourth-order valence-corrected chi connectivity index (χ4v) is 3.99. The van der Waals surface area contributed by atoms with Crippen LogP contribution in [-0.2, 0) is 9.47 Å². The summed E-state index contributed by atoms with van der Waals surface area (Å²) in [5.74, 6) is 0.897. The van der Waals surface area contributed by atoms with E-state index in [1.807, 2.05) is 24.8 Å². The van der Waals surface area contributed by atoms with E-state index in [-0.39, 0.29) is 24.2 Å². The van der Waals surface area contributed by atoms with Crippen LogP contribution in [0.5, 0.6) is 0 Å². The number of carbonyl (C=O) groups excluding carboxylic acids is 1. The fraction of sp³-hybridized carbons (Fsp3) is 0.722. The van der Waals surface area contributed by atoms with Gasteiger partial charge in [0, 0.05) is 24.5 Å². The van der Waals surface area contributed by atoms with Gasteiger partial charge in [-0.15, -0.1) is 0 Å². The van der Waals surface area contributed by atoms with Gasteiger partial charge in [-0.3, -0.25) is 4.79 Å². The van der Waals surface area contributed by atoms with Gasteiger partial charge in [-0.2, -0.15) is 0 Å². The molecule has 2 heterocycles. The Labute approximate surface area is 137 Å². The summed E-state index contributed by atoms with van der Waals surface area (Å²) in [6, 6.07) is 2.12. The van der Waals surface area contributed by atoms with Gasteiger partial charge in [-0.1, -0.05) is 0 Å². The van der Waals surface area contributed by atoms with Crippen molar-refractivity contribution in [2.45, 2.75) is 57.8 Å². The maximum atomic E-state index is 13.0. The number of carbonyl (C=O) groups is 1. The second-order valence-electron chi connectivity index (χ2n) is 7.28. The number of morpholine rings is 1. The monoisotopic (exact) mass is 318 g/mol. The van der Waals surface area contributed by atoms with Gasteiger partial charge in [0.05, 0.1) is 24.3 Å². The summed E-state index contributed by atoms with van der Waals surface area (Å²) >= 11 is 0. The summed E-state index contributed by atoms with van der Waals surface area (Å²) in [6.45, 7) is 6.11. The number of H-pyrrole nitrogens is 1. The minimum atomic E-state index is 0.0480. The molecule has 1 N–H and O–H groups in total. The summed E-state index contributed by atoms with van der Waals surface area (Å²) in [6.07, 6.45) is 4.79. The van der Waals surface area contributed by atoms with Crippen molar-refractivity contribution in [1.29, 1.82) is 0 Å². The molecule has 23 heavy (non-hydrogen) atoms. The van der Waals surface area contributed by atoms with Crippen LogP contribution in [0.4, 0.5) is 0 Å². The molecule has 126 valence electrons. The Balaban J connectivity index is 1.47. The van der Waals surface area contributed by atoms with Crippen LogP contribution in [-0.4, -0.2) is 53.8 Å². The van der Waals surface area contributed by atoms with Crippen molar-refractivity contribution in [2.75, 3.05) is 19.8 Å². The molecule has 4 rings (SSSR count). The number of nitrogens with one attached hydrogen (secondary N) is 1. The average Bonchev–Trinajstić information content (AvgIpc) is 3.18. The van der Waals surface area contributed by atoms with E-state index in [0.717, 1.165) is 42.3 Å². The van der Waals surface area contributed by atoms with Crippen molar-refractivity contribution >= 4 is 5.91 Å². The number of rotatable bonds is 4. The predicted octanol–water partition coefficient (Wildman–Crippen LogP) is 2.43. The number of hydrogen-bond acceptors (Lipinski definition) is 3. The molecule has 1 aromatic heterocycles. The van der Waals surface area contributed by atoms with Gasteiger partial charge >= 0.3 is 0 Å². The van der Waals surface area contributed by atoms with E-state index in [1.165, 1.54) is 12.8 Å². The molecular weight excluding hydrogens is 292 g/mol. The van der Waals surface area contributed by atoms with Crippen molar-refractivity contribution in [2.24, 2.45) is 5.92 Å². The van der Waals surface area contributed by atoms with E-state index in [4.69, 9.17) is 9.47 Å². The lowest BCUT2D eigenvalue weighted by Crippen LogP contribution is -2.54. The Kier molecular flexibility index (Phi) is 3.93. The van der Waals surface area contributed by atoms with Gasteiger partial charge in [-0.25, -0.2) is 0 Å². The largest absolute Gasteiger partial charge is 0.375 e. The van der Waals surface area contributed by atoms with Crippen LogP contribution in [0, 0.1) is 19.8 Å². The first-order chi connectivity index (χ1) is 11.1. The molecule has 5 heteroatoms. The number of amides is 1. The van der Waals surface area contributed by atoms with Crippen LogP contribution >= 0.6 is 0 Å². The minimum absolute atomic E-state index is 0.0480. The zero-order chi connectivity index (χ0) is 16.0. The molecule has 5 nitrogen and oxygen atoms in total. The summed E-state index contributed by atoms with van der Waals surface area (Å²) in [7, 11) is 0. The Morgan fingerprint density at radius 3 is 2.87 bits per heavy atom. The van der Waals surface area contributed by atoms with Crippen molar-refractivity contribution in [1.82, 2.24) is 9.88 Å². The molecule has 1 aliphatic heterocycles. The van der Waals surface area contributed by atoms with Gasteiger partial charge in [0.15, 0.2) is 0 Å². The molecule has 1 aromatic rings. The standard InChI is InChI=1S/C18H26N2O3/c1-11-9-14(12(2)19-11)18(21)20-7-8-22-17-15(20)5-6-16(17)23-10-13-3-4-13/h9,13,15-17,19H,3-8,10H2,1-2H3/t15-,16+,17+/m0/s1. The maximum Gasteiger partial charge on any atom is 0.256 e. The normalized spacial score (nSPS) is 30.5. The summed E-state index contributed by atoms with van der Waals surface area (Å²) < 4.78 is 12.1. The highest BCUT2D eigenvalue weighted by molar-refractivity contribution is 5.96.